The normalized spacial score (nSPS) is 11.8. The first-order valence-electron chi connectivity index (χ1n) is 4.66. The number of halogens is 5. The van der Waals surface area contributed by atoms with Crippen LogP contribution in [0.3, 0.4) is 0 Å². The van der Waals surface area contributed by atoms with Crippen LogP contribution in [0.4, 0.5) is 0 Å². The van der Waals surface area contributed by atoms with Gasteiger partial charge >= 0.3 is 5.69 Å². The molecule has 1 heterocycles. The predicted molar refractivity (Wildman–Crippen MR) is 81.1 cm³/mol. The summed E-state index contributed by atoms with van der Waals surface area (Å²) in [6.45, 7) is 0. The number of benzene rings is 1. The van der Waals surface area contributed by atoms with E-state index in [9.17, 15) is 4.79 Å². The molecule has 10 heteroatoms. The summed E-state index contributed by atoms with van der Waals surface area (Å²) in [6.07, 6.45) is 1.29. The topological polar surface area (TPSA) is 39.8 Å². The van der Waals surface area contributed by atoms with Crippen molar-refractivity contribution in [3.05, 3.63) is 45.1 Å². The molecule has 0 amide bonds. The van der Waals surface area contributed by atoms with Crippen LogP contribution in [-0.4, -0.2) is 16.9 Å². The molecule has 2 rings (SSSR count). The highest BCUT2D eigenvalue weighted by Gasteiger charge is 2.24. The lowest BCUT2D eigenvalue weighted by atomic mass is 10.3. The van der Waals surface area contributed by atoms with Gasteiger partial charge in [-0.2, -0.15) is 0 Å². The maximum atomic E-state index is 12.1. The average molecular weight is 379 g/mol. The third-order valence-electron chi connectivity index (χ3n) is 1.96. The number of aromatic nitrogens is 3. The molecule has 19 heavy (non-hydrogen) atoms. The first-order chi connectivity index (χ1) is 8.76. The molecule has 0 unspecified atom stereocenters. The molecule has 4 nitrogen and oxygen atoms in total. The zero-order chi connectivity index (χ0) is 14.2. The standard InChI is InChI=1S/C9H4Cl5N3OS/c10-5-1-6(11)3-7(2-5)16-4-15-17(8(16)18)19-9(12,13)14/h1-4H. The van der Waals surface area contributed by atoms with E-state index >= 15 is 0 Å². The smallest absolute Gasteiger partial charge is 0.249 e. The molecule has 1 aromatic heterocycles. The molecule has 0 aliphatic heterocycles. The van der Waals surface area contributed by atoms with E-state index in [4.69, 9.17) is 58.0 Å². The summed E-state index contributed by atoms with van der Waals surface area (Å²) < 4.78 is 0.512. The quantitative estimate of drug-likeness (QED) is 0.736. The van der Waals surface area contributed by atoms with E-state index in [0.29, 0.717) is 27.7 Å². The summed E-state index contributed by atoms with van der Waals surface area (Å²) in [6, 6.07) is 4.69. The summed E-state index contributed by atoms with van der Waals surface area (Å²) in [4.78, 5) is 12.1. The van der Waals surface area contributed by atoms with Crippen molar-refractivity contribution in [2.24, 2.45) is 0 Å². The molecule has 0 atom stereocenters. The molecule has 0 fully saturated rings. The highest BCUT2D eigenvalue weighted by molar-refractivity contribution is 8.03. The van der Waals surface area contributed by atoms with Crippen LogP contribution in [0.5, 0.6) is 0 Å². The lowest BCUT2D eigenvalue weighted by molar-refractivity contribution is 0.936. The molecule has 0 aliphatic rings. The molecule has 0 saturated carbocycles. The van der Waals surface area contributed by atoms with Crippen LogP contribution in [0.2, 0.25) is 10.0 Å². The van der Waals surface area contributed by atoms with Crippen molar-refractivity contribution in [2.45, 2.75) is 3.12 Å². The Kier molecular flexibility index (Phi) is 4.65. The fourth-order valence-electron chi connectivity index (χ4n) is 1.31. The number of rotatable bonds is 2. The van der Waals surface area contributed by atoms with Gasteiger partial charge < -0.3 is 0 Å². The summed E-state index contributed by atoms with van der Waals surface area (Å²) in [5.41, 5.74) is -0.0201. The van der Waals surface area contributed by atoms with Crippen molar-refractivity contribution in [1.82, 2.24) is 13.8 Å². The van der Waals surface area contributed by atoms with Gasteiger partial charge in [-0.3, -0.25) is 0 Å². The zero-order valence-corrected chi connectivity index (χ0v) is 13.5. The lowest BCUT2D eigenvalue weighted by Crippen LogP contribution is -2.22. The Morgan fingerprint density at radius 2 is 1.68 bits per heavy atom. The van der Waals surface area contributed by atoms with Gasteiger partial charge in [-0.1, -0.05) is 58.0 Å². The Bertz CT molecular complexity index is 642. The minimum absolute atomic E-state index is 0.399. The van der Waals surface area contributed by atoms with Gasteiger partial charge in [0.05, 0.1) is 5.69 Å². The Balaban J connectivity index is 2.45. The van der Waals surface area contributed by atoms with Gasteiger partial charge in [-0.05, 0) is 18.2 Å². The molecule has 0 bridgehead atoms. The van der Waals surface area contributed by atoms with Gasteiger partial charge in [-0.15, -0.1) is 9.19 Å². The third kappa shape index (κ3) is 3.97. The first kappa shape index (κ1) is 15.4. The second-order valence-electron chi connectivity index (χ2n) is 3.32. The Hall–Kier alpha value is -0.0400. The molecule has 0 aliphatic carbocycles. The zero-order valence-electron chi connectivity index (χ0n) is 8.86. The molecule has 102 valence electrons. The SMILES string of the molecule is O=c1n(-c2cc(Cl)cc(Cl)c2)cnn1SC(Cl)(Cl)Cl. The van der Waals surface area contributed by atoms with Crippen molar-refractivity contribution >= 4 is 70.0 Å². The molecule has 0 N–H and O–H groups in total. The average Bonchev–Trinajstić information content (AvgIpc) is 2.56. The summed E-state index contributed by atoms with van der Waals surface area (Å²) >= 11 is 29.2. The Morgan fingerprint density at radius 3 is 2.21 bits per heavy atom. The van der Waals surface area contributed by atoms with Gasteiger partial charge in [-0.25, -0.2) is 9.36 Å². The summed E-state index contributed by atoms with van der Waals surface area (Å²) in [7, 11) is 0. The maximum absolute atomic E-state index is 12.1. The molecule has 0 saturated heterocycles. The highest BCUT2D eigenvalue weighted by Crippen LogP contribution is 2.38. The maximum Gasteiger partial charge on any atom is 0.361 e. The molecular weight excluding hydrogens is 375 g/mol. The van der Waals surface area contributed by atoms with Crippen LogP contribution in [0.25, 0.3) is 5.69 Å². The van der Waals surface area contributed by atoms with Gasteiger partial charge in [0.2, 0.25) is 0 Å². The fourth-order valence-corrected chi connectivity index (χ4v) is 2.86. The lowest BCUT2D eigenvalue weighted by Gasteiger charge is -2.07. The molecule has 0 spiro atoms. The van der Waals surface area contributed by atoms with Crippen molar-refractivity contribution in [3.8, 4) is 5.69 Å². The Labute approximate surface area is 137 Å². The van der Waals surface area contributed by atoms with E-state index in [0.717, 1.165) is 4.09 Å². The van der Waals surface area contributed by atoms with E-state index in [-0.39, 0.29) is 0 Å². The molecule has 2 aromatic rings. The van der Waals surface area contributed by atoms with Gasteiger partial charge in [0.25, 0.3) is 3.12 Å². The molecule has 0 radical (unpaired) electrons. The van der Waals surface area contributed by atoms with Gasteiger partial charge in [0, 0.05) is 22.0 Å². The summed E-state index contributed by atoms with van der Waals surface area (Å²) in [5.74, 6) is 0. The van der Waals surface area contributed by atoms with Crippen LogP contribution in [0.1, 0.15) is 0 Å². The fraction of sp³-hybridized carbons (Fsp3) is 0.111. The minimum atomic E-state index is -1.69. The van der Waals surface area contributed by atoms with E-state index in [2.05, 4.69) is 5.10 Å². The number of hydrogen-bond donors (Lipinski definition) is 0. The van der Waals surface area contributed by atoms with Crippen LogP contribution in [-0.2, 0) is 0 Å². The molecular formula is C9H4Cl5N3OS. The minimum Gasteiger partial charge on any atom is -0.249 e. The second-order valence-corrected chi connectivity index (χ2v) is 8.29. The largest absolute Gasteiger partial charge is 0.361 e. The van der Waals surface area contributed by atoms with E-state index < -0.39 is 8.81 Å². The van der Waals surface area contributed by atoms with Crippen molar-refractivity contribution in [1.29, 1.82) is 0 Å². The highest BCUT2D eigenvalue weighted by atomic mass is 35.6. The van der Waals surface area contributed by atoms with E-state index in [1.807, 2.05) is 0 Å². The Morgan fingerprint density at radius 1 is 1.11 bits per heavy atom. The van der Waals surface area contributed by atoms with Gasteiger partial charge in [0.1, 0.15) is 6.33 Å². The van der Waals surface area contributed by atoms with E-state index in [1.54, 1.807) is 18.2 Å². The van der Waals surface area contributed by atoms with Crippen molar-refractivity contribution in [3.63, 3.8) is 0 Å². The van der Waals surface area contributed by atoms with Crippen LogP contribution in [0, 0.1) is 0 Å². The van der Waals surface area contributed by atoms with Crippen LogP contribution < -0.4 is 5.69 Å². The van der Waals surface area contributed by atoms with Crippen LogP contribution in [0.15, 0.2) is 29.3 Å². The first-order valence-corrected chi connectivity index (χ1v) is 7.32. The van der Waals surface area contributed by atoms with Gasteiger partial charge in [0.15, 0.2) is 0 Å². The number of hydrogen-bond acceptors (Lipinski definition) is 3. The number of alkyl halides is 3. The monoisotopic (exact) mass is 377 g/mol. The van der Waals surface area contributed by atoms with Crippen molar-refractivity contribution in [2.75, 3.05) is 0 Å². The van der Waals surface area contributed by atoms with Crippen molar-refractivity contribution < 1.29 is 0 Å². The summed E-state index contributed by atoms with van der Waals surface area (Å²) in [5, 5.41) is 4.63. The van der Waals surface area contributed by atoms with E-state index in [1.165, 1.54) is 10.9 Å². The second kappa shape index (κ2) is 5.76. The van der Waals surface area contributed by atoms with Crippen LogP contribution >= 0.6 is 70.0 Å². The number of nitrogens with zero attached hydrogens (tertiary/aromatic N) is 3. The molecule has 1 aromatic carbocycles. The predicted octanol–water partition coefficient (Wildman–Crippen LogP) is 4.16. The third-order valence-corrected chi connectivity index (χ3v) is 3.65.